The lowest BCUT2D eigenvalue weighted by Crippen LogP contribution is -2.31. The summed E-state index contributed by atoms with van der Waals surface area (Å²) in [4.78, 5) is 35.5. The maximum absolute atomic E-state index is 12.3. The molecule has 2 aromatic carbocycles. The molecular weight excluding hydrogens is 348 g/mol. The van der Waals surface area contributed by atoms with Crippen molar-refractivity contribution >= 4 is 23.5 Å². The minimum Gasteiger partial charge on any atom is -0.481 e. The van der Waals surface area contributed by atoms with E-state index in [2.05, 4.69) is 15.4 Å². The second-order valence-corrected chi connectivity index (χ2v) is 5.91. The number of hydrogen-bond donors (Lipinski definition) is 2. The van der Waals surface area contributed by atoms with E-state index in [9.17, 15) is 14.4 Å². The monoisotopic (exact) mass is 370 g/mol. The Morgan fingerprint density at radius 1 is 1.07 bits per heavy atom. The van der Waals surface area contributed by atoms with Crippen molar-refractivity contribution in [1.82, 2.24) is 5.32 Å². The number of anilines is 1. The van der Waals surface area contributed by atoms with Gasteiger partial charge in [0, 0.05) is 11.3 Å². The van der Waals surface area contributed by atoms with Crippen LogP contribution in [-0.4, -0.2) is 37.5 Å². The minimum atomic E-state index is -0.719. The molecule has 1 atom stereocenters. The number of benzene rings is 2. The van der Waals surface area contributed by atoms with Crippen LogP contribution in [0.15, 0.2) is 48.5 Å². The van der Waals surface area contributed by atoms with Crippen molar-refractivity contribution in [1.29, 1.82) is 0 Å². The van der Waals surface area contributed by atoms with E-state index in [1.807, 2.05) is 25.1 Å². The van der Waals surface area contributed by atoms with Gasteiger partial charge in [-0.25, -0.2) is 0 Å². The zero-order valence-corrected chi connectivity index (χ0v) is 15.4. The van der Waals surface area contributed by atoms with Crippen LogP contribution in [0.4, 0.5) is 5.69 Å². The van der Waals surface area contributed by atoms with Gasteiger partial charge >= 0.3 is 5.97 Å². The van der Waals surface area contributed by atoms with Crippen molar-refractivity contribution in [3.63, 3.8) is 0 Å². The zero-order valence-electron chi connectivity index (χ0n) is 15.4. The molecule has 0 saturated heterocycles. The highest BCUT2D eigenvalue weighted by Crippen LogP contribution is 2.16. The Hall–Kier alpha value is -3.35. The minimum absolute atomic E-state index is 0.229. The second kappa shape index (κ2) is 9.38. The highest BCUT2D eigenvalue weighted by atomic mass is 16.5. The van der Waals surface area contributed by atoms with Crippen LogP contribution in [0.1, 0.15) is 22.8 Å². The normalized spacial score (nSPS) is 11.2. The summed E-state index contributed by atoms with van der Waals surface area (Å²) in [6.45, 7) is 3.35. The number of carbonyl (C=O) groups is 3. The van der Waals surface area contributed by atoms with Crippen LogP contribution in [-0.2, 0) is 14.3 Å². The Morgan fingerprint density at radius 3 is 2.52 bits per heavy atom. The van der Waals surface area contributed by atoms with Crippen LogP contribution in [0.25, 0.3) is 0 Å². The molecule has 0 radical (unpaired) electrons. The van der Waals surface area contributed by atoms with E-state index in [0.29, 0.717) is 17.0 Å². The molecule has 2 amide bonds. The predicted molar refractivity (Wildman–Crippen MR) is 101 cm³/mol. The highest BCUT2D eigenvalue weighted by molar-refractivity contribution is 5.99. The number of aryl methyl sites for hydroxylation is 1. The molecule has 0 bridgehead atoms. The van der Waals surface area contributed by atoms with Crippen LogP contribution < -0.4 is 15.4 Å². The fourth-order valence-corrected chi connectivity index (χ4v) is 2.26. The van der Waals surface area contributed by atoms with Gasteiger partial charge in [-0.1, -0.05) is 18.2 Å². The molecule has 0 heterocycles. The standard InChI is InChI=1S/C20H22N2O5/c1-13-6-4-9-17(10-13)27-14(2)19(24)22-16-8-5-7-15(11-16)20(25)21-12-18(23)26-3/h4-11,14H,12H2,1-3H3,(H,21,25)(H,22,24). The lowest BCUT2D eigenvalue weighted by atomic mass is 10.2. The molecule has 2 N–H and O–H groups in total. The van der Waals surface area contributed by atoms with Gasteiger partial charge in [-0.05, 0) is 49.7 Å². The molecule has 7 nitrogen and oxygen atoms in total. The van der Waals surface area contributed by atoms with Gasteiger partial charge < -0.3 is 20.1 Å². The fourth-order valence-electron chi connectivity index (χ4n) is 2.26. The maximum atomic E-state index is 12.3. The third kappa shape index (κ3) is 6.14. The summed E-state index contributed by atoms with van der Waals surface area (Å²) in [5.74, 6) is -0.729. The van der Waals surface area contributed by atoms with E-state index in [-0.39, 0.29) is 12.5 Å². The van der Waals surface area contributed by atoms with E-state index in [4.69, 9.17) is 4.74 Å². The molecule has 1 unspecified atom stereocenters. The Balaban J connectivity index is 1.97. The molecule has 0 saturated carbocycles. The van der Waals surface area contributed by atoms with Crippen molar-refractivity contribution in [3.8, 4) is 5.75 Å². The molecule has 7 heteroatoms. The SMILES string of the molecule is COC(=O)CNC(=O)c1cccc(NC(=O)C(C)Oc2cccc(C)c2)c1. The van der Waals surface area contributed by atoms with Crippen molar-refractivity contribution in [2.45, 2.75) is 20.0 Å². The van der Waals surface area contributed by atoms with Gasteiger partial charge in [-0.3, -0.25) is 14.4 Å². The van der Waals surface area contributed by atoms with E-state index < -0.39 is 18.0 Å². The Kier molecular flexibility index (Phi) is 6.93. The van der Waals surface area contributed by atoms with E-state index >= 15 is 0 Å². The van der Waals surface area contributed by atoms with Crippen LogP contribution in [0.3, 0.4) is 0 Å². The summed E-state index contributed by atoms with van der Waals surface area (Å²) in [5, 5.41) is 5.15. The summed E-state index contributed by atoms with van der Waals surface area (Å²) in [6.07, 6.45) is -0.719. The number of ether oxygens (including phenoxy) is 2. The molecule has 27 heavy (non-hydrogen) atoms. The summed E-state index contributed by atoms with van der Waals surface area (Å²) in [6, 6.07) is 13.8. The topological polar surface area (TPSA) is 93.7 Å². The highest BCUT2D eigenvalue weighted by Gasteiger charge is 2.16. The van der Waals surface area contributed by atoms with Crippen LogP contribution in [0, 0.1) is 6.92 Å². The molecule has 0 aliphatic rings. The largest absolute Gasteiger partial charge is 0.481 e. The summed E-state index contributed by atoms with van der Waals surface area (Å²) < 4.78 is 10.1. The molecule has 0 spiro atoms. The fraction of sp³-hybridized carbons (Fsp3) is 0.250. The molecule has 2 aromatic rings. The summed E-state index contributed by atoms with van der Waals surface area (Å²) in [7, 11) is 1.24. The second-order valence-electron chi connectivity index (χ2n) is 5.91. The summed E-state index contributed by atoms with van der Waals surface area (Å²) in [5.41, 5.74) is 1.79. The van der Waals surface area contributed by atoms with Gasteiger partial charge in [-0.2, -0.15) is 0 Å². The average molecular weight is 370 g/mol. The molecule has 0 fully saturated rings. The number of methoxy groups -OCH3 is 1. The smallest absolute Gasteiger partial charge is 0.325 e. The van der Waals surface area contributed by atoms with Crippen molar-refractivity contribution in [2.24, 2.45) is 0 Å². The molecule has 0 aromatic heterocycles. The van der Waals surface area contributed by atoms with Gasteiger partial charge in [0.1, 0.15) is 12.3 Å². The van der Waals surface area contributed by atoms with Crippen LogP contribution >= 0.6 is 0 Å². The van der Waals surface area contributed by atoms with Gasteiger partial charge in [0.05, 0.1) is 7.11 Å². The molecule has 0 aliphatic carbocycles. The lowest BCUT2D eigenvalue weighted by Gasteiger charge is -2.15. The number of nitrogens with one attached hydrogen (secondary N) is 2. The summed E-state index contributed by atoms with van der Waals surface area (Å²) >= 11 is 0. The average Bonchev–Trinajstić information content (AvgIpc) is 2.65. The first-order valence-corrected chi connectivity index (χ1v) is 8.38. The first kappa shape index (κ1) is 20.0. The van der Waals surface area contributed by atoms with Crippen molar-refractivity contribution in [3.05, 3.63) is 59.7 Å². The third-order valence-corrected chi connectivity index (χ3v) is 3.68. The number of rotatable bonds is 7. The third-order valence-electron chi connectivity index (χ3n) is 3.68. The van der Waals surface area contributed by atoms with E-state index in [0.717, 1.165) is 5.56 Å². The number of hydrogen-bond acceptors (Lipinski definition) is 5. The van der Waals surface area contributed by atoms with Crippen molar-refractivity contribution < 1.29 is 23.9 Å². The van der Waals surface area contributed by atoms with Crippen LogP contribution in [0.2, 0.25) is 0 Å². The van der Waals surface area contributed by atoms with Crippen molar-refractivity contribution in [2.75, 3.05) is 19.0 Å². The van der Waals surface area contributed by atoms with E-state index in [1.54, 1.807) is 31.2 Å². The number of amides is 2. The van der Waals surface area contributed by atoms with Gasteiger partial charge in [0.15, 0.2) is 6.10 Å². The molecule has 142 valence electrons. The quantitative estimate of drug-likeness (QED) is 0.730. The first-order chi connectivity index (χ1) is 12.9. The molecular formula is C20H22N2O5. The Labute approximate surface area is 157 Å². The Bertz CT molecular complexity index is 835. The molecule has 0 aliphatic heterocycles. The Morgan fingerprint density at radius 2 is 1.81 bits per heavy atom. The predicted octanol–water partition coefficient (Wildman–Crippen LogP) is 2.30. The van der Waals surface area contributed by atoms with Gasteiger partial charge in [-0.15, -0.1) is 0 Å². The lowest BCUT2D eigenvalue weighted by molar-refractivity contribution is -0.139. The van der Waals surface area contributed by atoms with Gasteiger partial charge in [0.25, 0.3) is 11.8 Å². The number of carbonyl (C=O) groups excluding carboxylic acids is 3. The van der Waals surface area contributed by atoms with Crippen LogP contribution in [0.5, 0.6) is 5.75 Å². The van der Waals surface area contributed by atoms with Gasteiger partial charge in [0.2, 0.25) is 0 Å². The molecule has 2 rings (SSSR count). The number of esters is 1. The van der Waals surface area contributed by atoms with E-state index in [1.165, 1.54) is 13.2 Å². The first-order valence-electron chi connectivity index (χ1n) is 8.38. The maximum Gasteiger partial charge on any atom is 0.325 e. The zero-order chi connectivity index (χ0) is 19.8.